The molecule has 3 heterocycles. The standard InChI is InChI=1S/C39H24N2O3S/c1-40-28-14-16-37-34(20-28)30-6-2-4-8-36(30)41(37)29-15-12-27-23-45(42,43)22-26-11-10-24(18-32(26)33(27)21-29)25-13-17-39-35(19-25)31-7-3-5-9-38(31)44-39/h2-21H,22-23H2. The van der Waals surface area contributed by atoms with Gasteiger partial charge >= 0.3 is 0 Å². The second-order valence-electron chi connectivity index (χ2n) is 11.7. The van der Waals surface area contributed by atoms with Crippen molar-refractivity contribution in [3.63, 3.8) is 0 Å². The molecule has 0 spiro atoms. The summed E-state index contributed by atoms with van der Waals surface area (Å²) in [6.07, 6.45) is 0. The van der Waals surface area contributed by atoms with Crippen LogP contribution in [0.15, 0.2) is 126 Å². The number of rotatable bonds is 2. The smallest absolute Gasteiger partial charge is 0.188 e. The molecule has 45 heavy (non-hydrogen) atoms. The molecular weight excluding hydrogens is 577 g/mol. The van der Waals surface area contributed by atoms with E-state index in [1.807, 2.05) is 78.9 Å². The number of nitrogens with zero attached hydrogens (tertiary/aromatic N) is 2. The number of furan rings is 1. The van der Waals surface area contributed by atoms with Gasteiger partial charge in [-0.05, 0) is 93.4 Å². The fourth-order valence-corrected chi connectivity index (χ4v) is 8.51. The van der Waals surface area contributed by atoms with Gasteiger partial charge in [0.1, 0.15) is 11.2 Å². The highest BCUT2D eigenvalue weighted by Crippen LogP contribution is 2.41. The van der Waals surface area contributed by atoms with Crippen molar-refractivity contribution in [3.05, 3.63) is 144 Å². The minimum absolute atomic E-state index is 0.00713. The van der Waals surface area contributed by atoms with Crippen LogP contribution in [0.5, 0.6) is 0 Å². The van der Waals surface area contributed by atoms with Gasteiger partial charge in [0.05, 0.1) is 29.1 Å². The lowest BCUT2D eigenvalue weighted by molar-refractivity contribution is 0.595. The Morgan fingerprint density at radius 1 is 0.600 bits per heavy atom. The summed E-state index contributed by atoms with van der Waals surface area (Å²) in [6, 6.07) is 40.5. The fraction of sp³-hybridized carbons (Fsp3) is 0.0513. The molecule has 1 aliphatic rings. The molecule has 0 bridgehead atoms. The molecule has 0 saturated heterocycles. The molecule has 0 N–H and O–H groups in total. The summed E-state index contributed by atoms with van der Waals surface area (Å²) < 4.78 is 34.8. The zero-order valence-electron chi connectivity index (χ0n) is 24.0. The summed E-state index contributed by atoms with van der Waals surface area (Å²) in [6.45, 7) is 7.54. The van der Waals surface area contributed by atoms with E-state index >= 15 is 0 Å². The van der Waals surface area contributed by atoms with E-state index in [1.54, 1.807) is 0 Å². The van der Waals surface area contributed by atoms with E-state index in [0.717, 1.165) is 82.8 Å². The van der Waals surface area contributed by atoms with Crippen molar-refractivity contribution in [1.82, 2.24) is 4.57 Å². The Kier molecular flexibility index (Phi) is 5.41. The molecular formula is C39H24N2O3S. The van der Waals surface area contributed by atoms with Crippen molar-refractivity contribution in [2.45, 2.75) is 11.5 Å². The van der Waals surface area contributed by atoms with Gasteiger partial charge in [0, 0.05) is 21.8 Å². The highest BCUT2D eigenvalue weighted by molar-refractivity contribution is 7.89. The molecule has 0 saturated carbocycles. The Balaban J connectivity index is 1.26. The minimum Gasteiger partial charge on any atom is -0.456 e. The van der Waals surface area contributed by atoms with Gasteiger partial charge in [0.15, 0.2) is 15.5 Å². The largest absolute Gasteiger partial charge is 0.456 e. The molecule has 8 aromatic rings. The van der Waals surface area contributed by atoms with Crippen LogP contribution in [0.25, 0.3) is 76.5 Å². The maximum Gasteiger partial charge on any atom is 0.188 e. The topological polar surface area (TPSA) is 56.6 Å². The summed E-state index contributed by atoms with van der Waals surface area (Å²) in [5, 5.41) is 4.21. The molecule has 0 atom stereocenters. The van der Waals surface area contributed by atoms with Gasteiger partial charge in [0.2, 0.25) is 0 Å². The van der Waals surface area contributed by atoms with Crippen LogP contribution in [-0.2, 0) is 21.3 Å². The van der Waals surface area contributed by atoms with Gasteiger partial charge in [-0.15, -0.1) is 0 Å². The van der Waals surface area contributed by atoms with Gasteiger partial charge in [-0.25, -0.2) is 13.3 Å². The third-order valence-electron chi connectivity index (χ3n) is 9.00. The predicted molar refractivity (Wildman–Crippen MR) is 182 cm³/mol. The van der Waals surface area contributed by atoms with Gasteiger partial charge in [-0.3, -0.25) is 0 Å². The number of hydrogen-bond donors (Lipinski definition) is 0. The molecule has 0 radical (unpaired) electrons. The first-order chi connectivity index (χ1) is 22.0. The summed E-state index contributed by atoms with van der Waals surface area (Å²) in [7, 11) is -3.36. The Labute approximate surface area is 259 Å². The van der Waals surface area contributed by atoms with Crippen LogP contribution in [0.4, 0.5) is 5.69 Å². The van der Waals surface area contributed by atoms with Crippen molar-refractivity contribution < 1.29 is 12.8 Å². The van der Waals surface area contributed by atoms with E-state index in [0.29, 0.717) is 5.69 Å². The Bertz CT molecular complexity index is 2690. The molecule has 0 aliphatic carbocycles. The molecule has 5 nitrogen and oxygen atoms in total. The number of aromatic nitrogens is 1. The lowest BCUT2D eigenvalue weighted by Gasteiger charge is -2.15. The molecule has 1 aliphatic heterocycles. The first-order valence-electron chi connectivity index (χ1n) is 14.8. The SMILES string of the molecule is [C-]#[N+]c1ccc2c(c1)c1ccccc1n2-c1ccc2c(c1)-c1cc(-c3ccc4oc5ccccc5c4c3)ccc1CS(=O)(=O)C2. The zero-order valence-corrected chi connectivity index (χ0v) is 24.8. The summed E-state index contributed by atoms with van der Waals surface area (Å²) >= 11 is 0. The third kappa shape index (κ3) is 4.02. The van der Waals surface area contributed by atoms with E-state index in [-0.39, 0.29) is 11.5 Å². The van der Waals surface area contributed by atoms with Crippen LogP contribution in [0.3, 0.4) is 0 Å². The number of hydrogen-bond acceptors (Lipinski definition) is 3. The maximum absolute atomic E-state index is 13.3. The number of fused-ring (bicyclic) bond motifs is 9. The Morgan fingerprint density at radius 2 is 1.27 bits per heavy atom. The van der Waals surface area contributed by atoms with E-state index < -0.39 is 9.84 Å². The van der Waals surface area contributed by atoms with E-state index in [9.17, 15) is 8.42 Å². The van der Waals surface area contributed by atoms with Crippen molar-refractivity contribution in [3.8, 4) is 27.9 Å². The summed E-state index contributed by atoms with van der Waals surface area (Å²) in [5.74, 6) is -0.0199. The maximum atomic E-state index is 13.3. The normalized spacial score (nSPS) is 13.9. The monoisotopic (exact) mass is 600 g/mol. The minimum atomic E-state index is -3.36. The fourth-order valence-electron chi connectivity index (χ4n) is 6.95. The Morgan fingerprint density at radius 3 is 2.11 bits per heavy atom. The summed E-state index contributed by atoms with van der Waals surface area (Å²) in [5.41, 5.74) is 10.8. The van der Waals surface area contributed by atoms with Crippen LogP contribution in [0.1, 0.15) is 11.1 Å². The zero-order chi connectivity index (χ0) is 30.3. The average Bonchev–Trinajstić information content (AvgIpc) is 3.56. The van der Waals surface area contributed by atoms with Gasteiger partial charge < -0.3 is 8.98 Å². The van der Waals surface area contributed by atoms with Gasteiger partial charge in [0.25, 0.3) is 0 Å². The van der Waals surface area contributed by atoms with Gasteiger partial charge in [-0.2, -0.15) is 0 Å². The number of para-hydroxylation sites is 2. The second kappa shape index (κ2) is 9.43. The molecule has 9 rings (SSSR count). The molecule has 0 amide bonds. The first-order valence-corrected chi connectivity index (χ1v) is 16.6. The van der Waals surface area contributed by atoms with E-state index in [2.05, 4.69) is 51.9 Å². The molecule has 214 valence electrons. The van der Waals surface area contributed by atoms with Gasteiger partial charge in [-0.1, -0.05) is 66.7 Å². The summed E-state index contributed by atoms with van der Waals surface area (Å²) in [4.78, 5) is 3.66. The van der Waals surface area contributed by atoms with Crippen LogP contribution >= 0.6 is 0 Å². The first kappa shape index (κ1) is 25.8. The van der Waals surface area contributed by atoms with Crippen LogP contribution in [-0.4, -0.2) is 13.0 Å². The Hall–Kier alpha value is -5.64. The third-order valence-corrected chi connectivity index (χ3v) is 10.5. The number of benzene rings is 6. The number of sulfone groups is 1. The van der Waals surface area contributed by atoms with Crippen molar-refractivity contribution in [2.24, 2.45) is 0 Å². The lowest BCUT2D eigenvalue weighted by atomic mass is 9.92. The molecule has 0 fully saturated rings. The van der Waals surface area contributed by atoms with E-state index in [1.165, 1.54) is 0 Å². The van der Waals surface area contributed by atoms with Crippen LogP contribution in [0.2, 0.25) is 0 Å². The highest BCUT2D eigenvalue weighted by atomic mass is 32.2. The molecule has 0 unspecified atom stereocenters. The second-order valence-corrected chi connectivity index (χ2v) is 13.8. The quantitative estimate of drug-likeness (QED) is 0.186. The van der Waals surface area contributed by atoms with Crippen molar-refractivity contribution >= 4 is 59.3 Å². The van der Waals surface area contributed by atoms with Crippen molar-refractivity contribution in [1.29, 1.82) is 0 Å². The predicted octanol–water partition coefficient (Wildman–Crippen LogP) is 10.00. The van der Waals surface area contributed by atoms with E-state index in [4.69, 9.17) is 11.0 Å². The molecule has 6 aromatic carbocycles. The average molecular weight is 601 g/mol. The lowest BCUT2D eigenvalue weighted by Crippen LogP contribution is -2.05. The van der Waals surface area contributed by atoms with Crippen molar-refractivity contribution in [2.75, 3.05) is 0 Å². The van der Waals surface area contributed by atoms with Crippen LogP contribution in [0, 0.1) is 6.57 Å². The highest BCUT2D eigenvalue weighted by Gasteiger charge is 2.25. The molecule has 6 heteroatoms. The van der Waals surface area contributed by atoms with Crippen LogP contribution < -0.4 is 0 Å². The molecule has 2 aromatic heterocycles.